The number of carbonyl (C=O) groups excluding carboxylic acids is 2. The van der Waals surface area contributed by atoms with Gasteiger partial charge < -0.3 is 10.1 Å². The number of carbonyl (C=O) groups is 2. The van der Waals surface area contributed by atoms with E-state index < -0.39 is 0 Å². The Kier molecular flexibility index (Phi) is 5.13. The minimum atomic E-state index is -0.351. The van der Waals surface area contributed by atoms with E-state index in [9.17, 15) is 9.59 Å². The van der Waals surface area contributed by atoms with Crippen LogP contribution < -0.4 is 10.6 Å². The van der Waals surface area contributed by atoms with E-state index in [0.717, 1.165) is 5.56 Å². The van der Waals surface area contributed by atoms with E-state index in [4.69, 9.17) is 4.74 Å². The molecule has 2 amide bonds. The van der Waals surface area contributed by atoms with Crippen molar-refractivity contribution < 1.29 is 14.3 Å². The van der Waals surface area contributed by atoms with Gasteiger partial charge in [0.05, 0.1) is 18.4 Å². The third-order valence-electron chi connectivity index (χ3n) is 2.98. The van der Waals surface area contributed by atoms with Crippen LogP contribution in [0.1, 0.15) is 22.8 Å². The first kappa shape index (κ1) is 15.6. The number of nitrogens with zero attached hydrogens (tertiary/aromatic N) is 2. The van der Waals surface area contributed by atoms with Gasteiger partial charge in [-0.15, -0.1) is 0 Å². The van der Waals surface area contributed by atoms with Gasteiger partial charge in [0, 0.05) is 19.7 Å². The van der Waals surface area contributed by atoms with E-state index in [1.807, 2.05) is 0 Å². The lowest BCUT2D eigenvalue weighted by Crippen LogP contribution is -2.29. The van der Waals surface area contributed by atoms with Gasteiger partial charge in [0.15, 0.2) is 0 Å². The summed E-state index contributed by atoms with van der Waals surface area (Å²) in [6.07, 6.45) is 1.60. The van der Waals surface area contributed by atoms with E-state index >= 15 is 0 Å². The predicted octanol–water partition coefficient (Wildman–Crippen LogP) is 1.92. The summed E-state index contributed by atoms with van der Waals surface area (Å²) in [4.78, 5) is 23.3. The van der Waals surface area contributed by atoms with E-state index in [2.05, 4.69) is 15.7 Å². The summed E-state index contributed by atoms with van der Waals surface area (Å²) in [5, 5.41) is 9.37. The molecule has 0 atom stereocenters. The highest BCUT2D eigenvalue weighted by Crippen LogP contribution is 2.07. The van der Waals surface area contributed by atoms with Crippen LogP contribution in [0.4, 0.5) is 10.6 Å². The third-order valence-corrected chi connectivity index (χ3v) is 2.98. The van der Waals surface area contributed by atoms with Crippen LogP contribution in [0.15, 0.2) is 36.5 Å². The van der Waals surface area contributed by atoms with Crippen molar-refractivity contribution >= 4 is 17.8 Å². The summed E-state index contributed by atoms with van der Waals surface area (Å²) < 4.78 is 6.47. The number of ether oxygens (including phenoxy) is 1. The minimum absolute atomic E-state index is 0.321. The smallest absolute Gasteiger partial charge is 0.338 e. The maximum atomic E-state index is 11.8. The van der Waals surface area contributed by atoms with Crippen molar-refractivity contribution in [3.05, 3.63) is 47.7 Å². The highest BCUT2D eigenvalue weighted by Gasteiger charge is 2.07. The molecule has 0 saturated heterocycles. The molecule has 2 aromatic rings. The molecule has 0 aliphatic rings. The van der Waals surface area contributed by atoms with Gasteiger partial charge in [0.1, 0.15) is 5.82 Å². The first-order chi connectivity index (χ1) is 10.6. The van der Waals surface area contributed by atoms with E-state index in [1.54, 1.807) is 55.2 Å². The second kappa shape index (κ2) is 7.26. The number of rotatable bonds is 5. The van der Waals surface area contributed by atoms with Gasteiger partial charge in [-0.1, -0.05) is 12.1 Å². The van der Waals surface area contributed by atoms with Gasteiger partial charge >= 0.3 is 12.0 Å². The summed E-state index contributed by atoms with van der Waals surface area (Å²) in [6, 6.07) is 8.28. The van der Waals surface area contributed by atoms with Crippen LogP contribution in [0.2, 0.25) is 0 Å². The zero-order chi connectivity index (χ0) is 15.9. The molecule has 7 heteroatoms. The maximum Gasteiger partial charge on any atom is 0.338 e. The Morgan fingerprint density at radius 1 is 1.23 bits per heavy atom. The van der Waals surface area contributed by atoms with Crippen molar-refractivity contribution in [3.63, 3.8) is 0 Å². The molecule has 1 aromatic carbocycles. The fourth-order valence-corrected chi connectivity index (χ4v) is 1.81. The molecule has 0 aliphatic carbocycles. The number of aromatic nitrogens is 2. The summed E-state index contributed by atoms with van der Waals surface area (Å²) >= 11 is 0. The molecule has 22 heavy (non-hydrogen) atoms. The van der Waals surface area contributed by atoms with Crippen molar-refractivity contribution in [3.8, 4) is 0 Å². The van der Waals surface area contributed by atoms with E-state index in [-0.39, 0.29) is 12.0 Å². The number of benzene rings is 1. The zero-order valence-corrected chi connectivity index (χ0v) is 12.5. The number of urea groups is 1. The monoisotopic (exact) mass is 302 g/mol. The average molecular weight is 302 g/mol. The van der Waals surface area contributed by atoms with Crippen molar-refractivity contribution in [1.29, 1.82) is 0 Å². The Morgan fingerprint density at radius 2 is 1.95 bits per heavy atom. The zero-order valence-electron chi connectivity index (χ0n) is 12.5. The van der Waals surface area contributed by atoms with Gasteiger partial charge in [-0.25, -0.2) is 9.59 Å². The molecule has 0 unspecified atom stereocenters. The molecule has 1 aromatic heterocycles. The molecule has 0 fully saturated rings. The second-order valence-corrected chi connectivity index (χ2v) is 4.57. The lowest BCUT2D eigenvalue weighted by molar-refractivity contribution is 0.0526. The summed E-state index contributed by atoms with van der Waals surface area (Å²) in [6.45, 7) is 2.46. The maximum absolute atomic E-state index is 11.8. The van der Waals surface area contributed by atoms with Crippen LogP contribution in [-0.2, 0) is 18.3 Å². The first-order valence-electron chi connectivity index (χ1n) is 6.89. The summed E-state index contributed by atoms with van der Waals surface area (Å²) in [5.41, 5.74) is 1.37. The number of aryl methyl sites for hydroxylation is 1. The van der Waals surface area contributed by atoms with Gasteiger partial charge in [-0.2, -0.15) is 5.10 Å². The molecule has 0 aliphatic heterocycles. The largest absolute Gasteiger partial charge is 0.462 e. The molecule has 0 spiro atoms. The molecule has 0 bridgehead atoms. The van der Waals surface area contributed by atoms with Crippen molar-refractivity contribution in [2.45, 2.75) is 13.5 Å². The second-order valence-electron chi connectivity index (χ2n) is 4.57. The fourth-order valence-electron chi connectivity index (χ4n) is 1.81. The molecule has 0 saturated carbocycles. The van der Waals surface area contributed by atoms with Crippen molar-refractivity contribution in [2.75, 3.05) is 11.9 Å². The molecule has 116 valence electrons. The molecule has 7 nitrogen and oxygen atoms in total. The fraction of sp³-hybridized carbons (Fsp3) is 0.267. The predicted molar refractivity (Wildman–Crippen MR) is 81.5 cm³/mol. The number of anilines is 1. The van der Waals surface area contributed by atoms with Crippen LogP contribution >= 0.6 is 0 Å². The summed E-state index contributed by atoms with van der Waals surface area (Å²) in [7, 11) is 1.74. The van der Waals surface area contributed by atoms with Crippen LogP contribution in [0.25, 0.3) is 0 Å². The van der Waals surface area contributed by atoms with Crippen molar-refractivity contribution in [1.82, 2.24) is 15.1 Å². The topological polar surface area (TPSA) is 85.2 Å². The standard InChI is InChI=1S/C15H18N4O3/c1-3-22-14(20)12-6-4-11(5-7-12)10-16-15(21)18-13-8-9-17-19(13)2/h4-9H,3,10H2,1-2H3,(H2,16,18,21). The molecule has 1 heterocycles. The highest BCUT2D eigenvalue weighted by atomic mass is 16.5. The Bertz CT molecular complexity index is 649. The Labute approximate surface area is 128 Å². The molecule has 0 radical (unpaired) electrons. The normalized spacial score (nSPS) is 10.1. The van der Waals surface area contributed by atoms with E-state index in [1.165, 1.54) is 0 Å². The van der Waals surface area contributed by atoms with Crippen molar-refractivity contribution in [2.24, 2.45) is 7.05 Å². The number of amides is 2. The number of nitrogens with one attached hydrogen (secondary N) is 2. The van der Waals surface area contributed by atoms with E-state index in [0.29, 0.717) is 24.5 Å². The lowest BCUT2D eigenvalue weighted by atomic mass is 10.1. The van der Waals surface area contributed by atoms with Crippen LogP contribution in [-0.4, -0.2) is 28.4 Å². The molecule has 2 rings (SSSR count). The first-order valence-corrected chi connectivity index (χ1v) is 6.89. The molecular weight excluding hydrogens is 284 g/mol. The molecule has 2 N–H and O–H groups in total. The number of hydrogen-bond acceptors (Lipinski definition) is 4. The number of hydrogen-bond donors (Lipinski definition) is 2. The Morgan fingerprint density at radius 3 is 2.55 bits per heavy atom. The van der Waals surface area contributed by atoms with Gasteiger partial charge in [-0.3, -0.25) is 10.00 Å². The third kappa shape index (κ3) is 4.08. The van der Waals surface area contributed by atoms with Crippen LogP contribution in [0.5, 0.6) is 0 Å². The average Bonchev–Trinajstić information content (AvgIpc) is 2.91. The van der Waals surface area contributed by atoms with Gasteiger partial charge in [0.25, 0.3) is 0 Å². The van der Waals surface area contributed by atoms with Gasteiger partial charge in [0.2, 0.25) is 0 Å². The van der Waals surface area contributed by atoms with Crippen LogP contribution in [0, 0.1) is 0 Å². The highest BCUT2D eigenvalue weighted by molar-refractivity contribution is 5.89. The lowest BCUT2D eigenvalue weighted by Gasteiger charge is -2.08. The number of esters is 1. The minimum Gasteiger partial charge on any atom is -0.462 e. The SMILES string of the molecule is CCOC(=O)c1ccc(CNC(=O)Nc2ccnn2C)cc1. The quantitative estimate of drug-likeness (QED) is 0.826. The molecular formula is C15H18N4O3. The summed E-state index contributed by atoms with van der Waals surface area (Å²) in [5.74, 6) is 0.256. The van der Waals surface area contributed by atoms with Gasteiger partial charge in [-0.05, 0) is 24.6 Å². The Balaban J connectivity index is 1.85. The van der Waals surface area contributed by atoms with Crippen LogP contribution in [0.3, 0.4) is 0 Å². The Hall–Kier alpha value is -2.83.